The van der Waals surface area contributed by atoms with Crippen molar-refractivity contribution in [3.05, 3.63) is 94.4 Å². The van der Waals surface area contributed by atoms with E-state index in [0.29, 0.717) is 23.5 Å². The van der Waals surface area contributed by atoms with E-state index >= 15 is 0 Å². The van der Waals surface area contributed by atoms with E-state index in [-0.39, 0.29) is 17.0 Å². The van der Waals surface area contributed by atoms with Crippen molar-refractivity contribution in [3.63, 3.8) is 0 Å². The van der Waals surface area contributed by atoms with Crippen molar-refractivity contribution < 1.29 is 14.0 Å². The van der Waals surface area contributed by atoms with Crippen molar-refractivity contribution in [2.24, 2.45) is 0 Å². The number of aromatic nitrogens is 2. The van der Waals surface area contributed by atoms with Gasteiger partial charge >= 0.3 is 6.03 Å². The lowest BCUT2D eigenvalue weighted by Gasteiger charge is -2.25. The molecule has 3 aromatic carbocycles. The molecule has 3 amide bonds. The van der Waals surface area contributed by atoms with E-state index in [0.717, 1.165) is 42.0 Å². The summed E-state index contributed by atoms with van der Waals surface area (Å²) in [7, 11) is 2.11. The number of nitrogens with zero attached hydrogens (tertiary/aromatic N) is 3. The molecule has 0 aliphatic carbocycles. The lowest BCUT2D eigenvalue weighted by Crippen LogP contribution is -2.26. The predicted octanol–water partition coefficient (Wildman–Crippen LogP) is 5.85. The van der Waals surface area contributed by atoms with Gasteiger partial charge in [0.1, 0.15) is 11.6 Å². The van der Waals surface area contributed by atoms with Crippen LogP contribution in [0.1, 0.15) is 53.5 Å². The average Bonchev–Trinajstić information content (AvgIpc) is 3.53. The predicted molar refractivity (Wildman–Crippen MR) is 158 cm³/mol. The van der Waals surface area contributed by atoms with Crippen molar-refractivity contribution in [2.75, 3.05) is 24.2 Å². The first-order chi connectivity index (χ1) is 19.6. The molecule has 9 heteroatoms. The molecule has 3 heterocycles. The monoisotopic (exact) mass is 552 g/mol. The first-order valence-corrected chi connectivity index (χ1v) is 13.8. The van der Waals surface area contributed by atoms with E-state index < -0.39 is 11.8 Å². The Labute approximate surface area is 238 Å². The number of urea groups is 1. The third-order valence-corrected chi connectivity index (χ3v) is 7.73. The molecule has 0 bridgehead atoms. The van der Waals surface area contributed by atoms with Crippen LogP contribution in [-0.2, 0) is 24.9 Å². The molecule has 0 spiro atoms. The normalized spacial score (nSPS) is 14.8. The average molecular weight is 553 g/mol. The summed E-state index contributed by atoms with van der Waals surface area (Å²) in [4.78, 5) is 27.6. The van der Waals surface area contributed by atoms with Gasteiger partial charge in [0.15, 0.2) is 0 Å². The van der Waals surface area contributed by atoms with Crippen molar-refractivity contribution in [1.82, 2.24) is 20.0 Å². The maximum atomic E-state index is 14.9. The van der Waals surface area contributed by atoms with Gasteiger partial charge in [-0.1, -0.05) is 45.0 Å². The van der Waals surface area contributed by atoms with Crippen LogP contribution in [0.2, 0.25) is 0 Å². The van der Waals surface area contributed by atoms with Crippen LogP contribution in [0, 0.1) is 5.82 Å². The lowest BCUT2D eigenvalue weighted by atomic mass is 9.92. The van der Waals surface area contributed by atoms with Crippen LogP contribution in [0.3, 0.4) is 0 Å². The quantitative estimate of drug-likeness (QED) is 0.296. The molecule has 41 heavy (non-hydrogen) atoms. The van der Waals surface area contributed by atoms with Crippen molar-refractivity contribution in [1.29, 1.82) is 0 Å². The Morgan fingerprint density at radius 1 is 1.00 bits per heavy atom. The minimum atomic E-state index is -0.588. The third kappa shape index (κ3) is 5.20. The number of carbonyl (C=O) groups excluding carboxylic acids is 2. The highest BCUT2D eigenvalue weighted by Crippen LogP contribution is 2.32. The Morgan fingerprint density at radius 2 is 1.80 bits per heavy atom. The summed E-state index contributed by atoms with van der Waals surface area (Å²) >= 11 is 0. The van der Waals surface area contributed by atoms with Gasteiger partial charge in [-0.3, -0.25) is 10.1 Å². The second kappa shape index (κ2) is 10.2. The smallest absolute Gasteiger partial charge is 0.324 e. The molecule has 0 fully saturated rings. The molecular weight excluding hydrogens is 519 g/mol. The van der Waals surface area contributed by atoms with E-state index in [1.54, 1.807) is 28.9 Å². The highest BCUT2D eigenvalue weighted by atomic mass is 19.1. The fourth-order valence-corrected chi connectivity index (χ4v) is 5.43. The number of hydrogen-bond acceptors (Lipinski definition) is 4. The molecule has 0 unspecified atom stereocenters. The van der Waals surface area contributed by atoms with Gasteiger partial charge in [-0.2, -0.15) is 5.10 Å². The lowest BCUT2D eigenvalue weighted by molar-refractivity contribution is 0.0965. The maximum absolute atomic E-state index is 14.9. The Bertz CT molecular complexity index is 1690. The van der Waals surface area contributed by atoms with E-state index in [9.17, 15) is 14.0 Å². The molecule has 4 aromatic rings. The van der Waals surface area contributed by atoms with E-state index in [4.69, 9.17) is 5.10 Å². The van der Waals surface area contributed by atoms with Gasteiger partial charge in [-0.25, -0.2) is 13.9 Å². The van der Waals surface area contributed by atoms with Crippen molar-refractivity contribution in [3.8, 4) is 16.8 Å². The Hall–Kier alpha value is -4.50. The van der Waals surface area contributed by atoms with Gasteiger partial charge in [0.2, 0.25) is 0 Å². The number of halogens is 1. The van der Waals surface area contributed by atoms with E-state index in [1.807, 2.05) is 18.2 Å². The van der Waals surface area contributed by atoms with Gasteiger partial charge in [-0.05, 0) is 71.6 Å². The Balaban J connectivity index is 1.29. The molecule has 0 saturated heterocycles. The zero-order chi connectivity index (χ0) is 28.9. The molecule has 210 valence electrons. The standard InChI is InChI=1S/C32H33FN6O2/c1-32(2,3)28-16-29(39(37-28)22-10-8-19-12-13-38(4)18-21(19)14-22)36-31(41)35-27-15-20(9-11-26(27)33)23-6-5-7-24-25(23)17-34-30(24)40/h5-11,14-16H,12-13,17-18H2,1-4H3,(H,34,40)(H2,35,36,41). The number of hydrogen-bond donors (Lipinski definition) is 3. The summed E-state index contributed by atoms with van der Waals surface area (Å²) < 4.78 is 16.6. The van der Waals surface area contributed by atoms with Crippen LogP contribution in [0.4, 0.5) is 20.7 Å². The Kier molecular flexibility index (Phi) is 6.62. The molecule has 3 N–H and O–H groups in total. The van der Waals surface area contributed by atoms with Gasteiger partial charge < -0.3 is 15.5 Å². The largest absolute Gasteiger partial charge is 0.348 e. The van der Waals surface area contributed by atoms with Crippen molar-refractivity contribution >= 4 is 23.4 Å². The van der Waals surface area contributed by atoms with Crippen LogP contribution in [0.25, 0.3) is 16.8 Å². The fraction of sp³-hybridized carbons (Fsp3) is 0.281. The number of anilines is 2. The SMILES string of the molecule is CN1CCc2ccc(-n3nc(C(C)(C)C)cc3NC(=O)Nc3cc(-c4cccc5c4CNC5=O)ccc3F)cc2C1. The van der Waals surface area contributed by atoms with E-state index in [1.165, 1.54) is 17.2 Å². The topological polar surface area (TPSA) is 91.3 Å². The second-order valence-electron chi connectivity index (χ2n) is 11.8. The summed E-state index contributed by atoms with van der Waals surface area (Å²) in [6, 6.07) is 17.6. The zero-order valence-electron chi connectivity index (χ0n) is 23.6. The van der Waals surface area contributed by atoms with Crippen LogP contribution < -0.4 is 16.0 Å². The number of amides is 3. The van der Waals surface area contributed by atoms with Gasteiger partial charge in [0, 0.05) is 36.7 Å². The first kappa shape index (κ1) is 26.7. The zero-order valence-corrected chi connectivity index (χ0v) is 23.6. The summed E-state index contributed by atoms with van der Waals surface area (Å²) in [5.74, 6) is -0.203. The van der Waals surface area contributed by atoms with Gasteiger partial charge in [0.05, 0.1) is 17.1 Å². The number of fused-ring (bicyclic) bond motifs is 2. The van der Waals surface area contributed by atoms with Crippen LogP contribution in [-0.4, -0.2) is 40.2 Å². The summed E-state index contributed by atoms with van der Waals surface area (Å²) in [5, 5.41) is 13.2. The van der Waals surface area contributed by atoms with Gasteiger partial charge in [0.25, 0.3) is 5.91 Å². The summed E-state index contributed by atoms with van der Waals surface area (Å²) in [5.41, 5.74) is 6.99. The van der Waals surface area contributed by atoms with Crippen LogP contribution in [0.5, 0.6) is 0 Å². The van der Waals surface area contributed by atoms with Crippen molar-refractivity contribution in [2.45, 2.75) is 45.7 Å². The molecule has 2 aliphatic heterocycles. The van der Waals surface area contributed by atoms with Crippen LogP contribution in [0.15, 0.2) is 60.7 Å². The number of likely N-dealkylation sites (N-methyl/N-ethyl adjacent to an activating group) is 1. The maximum Gasteiger partial charge on any atom is 0.324 e. The molecule has 0 radical (unpaired) electrons. The number of benzene rings is 3. The van der Waals surface area contributed by atoms with Crippen LogP contribution >= 0.6 is 0 Å². The highest BCUT2D eigenvalue weighted by Gasteiger charge is 2.24. The minimum absolute atomic E-state index is 0.0359. The molecule has 6 rings (SSSR count). The minimum Gasteiger partial charge on any atom is -0.348 e. The molecule has 1 aromatic heterocycles. The number of carbonyl (C=O) groups is 2. The molecule has 0 atom stereocenters. The molecular formula is C32H33FN6O2. The third-order valence-electron chi connectivity index (χ3n) is 7.73. The number of nitrogens with one attached hydrogen (secondary N) is 3. The first-order valence-electron chi connectivity index (χ1n) is 13.8. The fourth-order valence-electron chi connectivity index (χ4n) is 5.43. The second-order valence-corrected chi connectivity index (χ2v) is 11.8. The molecule has 2 aliphatic rings. The van der Waals surface area contributed by atoms with Gasteiger partial charge in [-0.15, -0.1) is 0 Å². The Morgan fingerprint density at radius 3 is 2.61 bits per heavy atom. The molecule has 8 nitrogen and oxygen atoms in total. The van der Waals surface area contributed by atoms with E-state index in [2.05, 4.69) is 60.8 Å². The number of rotatable bonds is 4. The summed E-state index contributed by atoms with van der Waals surface area (Å²) in [6.07, 6.45) is 0.995. The summed E-state index contributed by atoms with van der Waals surface area (Å²) in [6.45, 7) is 8.48. The molecule has 0 saturated carbocycles. The highest BCUT2D eigenvalue weighted by molar-refractivity contribution is 6.01.